The first kappa shape index (κ1) is 21.8. The number of halogens is 3. The minimum Gasteiger partial charge on any atom is -0.367 e. The number of anilines is 1. The van der Waals surface area contributed by atoms with Crippen LogP contribution in [-0.2, 0) is 13.0 Å². The molecule has 1 aromatic heterocycles. The number of para-hydroxylation sites is 2. The van der Waals surface area contributed by atoms with Gasteiger partial charge in [0.2, 0.25) is 0 Å². The van der Waals surface area contributed by atoms with E-state index in [9.17, 15) is 0 Å². The standard InChI is InChI=1S/C26H22Cl2N2.ClH/c1-18-22-17-29(21-7-3-2-4-8-21)16-15-24(22)30(25-10-6-5-9-23(25)28)26(18)19-11-13-20(27)14-12-19;/h2-14H,15-17H2,1H3;1H. The summed E-state index contributed by atoms with van der Waals surface area (Å²) >= 11 is 12.8. The number of fused-ring (bicyclic) bond motifs is 1. The van der Waals surface area contributed by atoms with Crippen molar-refractivity contribution < 1.29 is 0 Å². The van der Waals surface area contributed by atoms with Crippen LogP contribution in [0.25, 0.3) is 16.9 Å². The molecule has 5 rings (SSSR count). The summed E-state index contributed by atoms with van der Waals surface area (Å²) in [4.78, 5) is 2.46. The lowest BCUT2D eigenvalue weighted by Crippen LogP contribution is -2.31. The molecule has 0 fully saturated rings. The van der Waals surface area contributed by atoms with Gasteiger partial charge in [0.15, 0.2) is 0 Å². The summed E-state index contributed by atoms with van der Waals surface area (Å²) in [5.41, 5.74) is 8.67. The molecule has 0 saturated carbocycles. The Balaban J connectivity index is 0.00000231. The van der Waals surface area contributed by atoms with Crippen LogP contribution < -0.4 is 4.90 Å². The predicted octanol–water partition coefficient (Wildman–Crippen LogP) is 7.74. The molecule has 4 aromatic rings. The number of hydrogen-bond donors (Lipinski definition) is 0. The molecule has 31 heavy (non-hydrogen) atoms. The van der Waals surface area contributed by atoms with Gasteiger partial charge in [-0.15, -0.1) is 12.4 Å². The topological polar surface area (TPSA) is 8.17 Å². The van der Waals surface area contributed by atoms with Crippen molar-refractivity contribution in [1.82, 2.24) is 4.57 Å². The van der Waals surface area contributed by atoms with Gasteiger partial charge in [-0.1, -0.05) is 65.7 Å². The van der Waals surface area contributed by atoms with Gasteiger partial charge in [-0.05, 0) is 60.0 Å². The van der Waals surface area contributed by atoms with Crippen LogP contribution in [0.5, 0.6) is 0 Å². The maximum atomic E-state index is 6.67. The minimum absolute atomic E-state index is 0. The normalized spacial score (nSPS) is 12.9. The minimum atomic E-state index is 0. The van der Waals surface area contributed by atoms with E-state index in [0.29, 0.717) is 0 Å². The molecule has 0 N–H and O–H groups in total. The Morgan fingerprint density at radius 3 is 2.19 bits per heavy atom. The molecular weight excluding hydrogens is 447 g/mol. The fraction of sp³-hybridized carbons (Fsp3) is 0.154. The molecule has 1 aliphatic heterocycles. The molecule has 0 aliphatic carbocycles. The van der Waals surface area contributed by atoms with Crippen molar-refractivity contribution in [2.45, 2.75) is 19.9 Å². The van der Waals surface area contributed by atoms with Crippen LogP contribution in [-0.4, -0.2) is 11.1 Å². The predicted molar refractivity (Wildman–Crippen MR) is 134 cm³/mol. The molecule has 0 bridgehead atoms. The van der Waals surface area contributed by atoms with E-state index in [1.165, 1.54) is 28.2 Å². The van der Waals surface area contributed by atoms with Gasteiger partial charge in [-0.25, -0.2) is 0 Å². The zero-order valence-corrected chi connectivity index (χ0v) is 19.5. The van der Waals surface area contributed by atoms with Crippen molar-refractivity contribution in [1.29, 1.82) is 0 Å². The molecule has 5 heteroatoms. The Bertz CT molecular complexity index is 1200. The van der Waals surface area contributed by atoms with Crippen LogP contribution in [0.3, 0.4) is 0 Å². The average Bonchev–Trinajstić information content (AvgIpc) is 3.07. The number of benzene rings is 3. The zero-order chi connectivity index (χ0) is 20.7. The van der Waals surface area contributed by atoms with E-state index in [2.05, 4.69) is 64.9 Å². The lowest BCUT2D eigenvalue weighted by atomic mass is 10.0. The smallest absolute Gasteiger partial charge is 0.0646 e. The molecule has 0 saturated heterocycles. The van der Waals surface area contributed by atoms with E-state index >= 15 is 0 Å². The largest absolute Gasteiger partial charge is 0.367 e. The van der Waals surface area contributed by atoms with Crippen LogP contribution in [0.1, 0.15) is 16.8 Å². The van der Waals surface area contributed by atoms with Crippen LogP contribution in [0, 0.1) is 6.92 Å². The van der Waals surface area contributed by atoms with Crippen molar-refractivity contribution in [3.05, 3.63) is 106 Å². The summed E-state index contributed by atoms with van der Waals surface area (Å²) in [5.74, 6) is 0. The highest BCUT2D eigenvalue weighted by Crippen LogP contribution is 2.39. The average molecular weight is 470 g/mol. The Morgan fingerprint density at radius 1 is 0.806 bits per heavy atom. The highest BCUT2D eigenvalue weighted by atomic mass is 35.5. The highest BCUT2D eigenvalue weighted by molar-refractivity contribution is 6.32. The monoisotopic (exact) mass is 468 g/mol. The van der Waals surface area contributed by atoms with Crippen LogP contribution in [0.15, 0.2) is 78.9 Å². The molecule has 0 amide bonds. The summed E-state index contributed by atoms with van der Waals surface area (Å²) < 4.78 is 2.36. The second kappa shape index (κ2) is 9.00. The fourth-order valence-corrected chi connectivity index (χ4v) is 4.84. The molecule has 0 spiro atoms. The van der Waals surface area contributed by atoms with E-state index in [4.69, 9.17) is 23.2 Å². The first-order valence-corrected chi connectivity index (χ1v) is 10.9. The van der Waals surface area contributed by atoms with Gasteiger partial charge in [0.25, 0.3) is 0 Å². The zero-order valence-electron chi connectivity index (χ0n) is 17.2. The first-order chi connectivity index (χ1) is 14.6. The van der Waals surface area contributed by atoms with Crippen molar-refractivity contribution in [3.8, 4) is 16.9 Å². The van der Waals surface area contributed by atoms with Crippen LogP contribution in [0.2, 0.25) is 10.0 Å². The van der Waals surface area contributed by atoms with E-state index in [0.717, 1.165) is 40.8 Å². The quantitative estimate of drug-likeness (QED) is 0.298. The van der Waals surface area contributed by atoms with Gasteiger partial charge >= 0.3 is 0 Å². The van der Waals surface area contributed by atoms with Crippen molar-refractivity contribution >= 4 is 41.3 Å². The third-order valence-corrected chi connectivity index (χ3v) is 6.52. The number of nitrogens with zero attached hydrogens (tertiary/aromatic N) is 2. The van der Waals surface area contributed by atoms with Gasteiger partial charge in [-0.2, -0.15) is 0 Å². The number of rotatable bonds is 3. The maximum Gasteiger partial charge on any atom is 0.0646 e. The summed E-state index contributed by atoms with van der Waals surface area (Å²) in [6.45, 7) is 4.10. The van der Waals surface area contributed by atoms with Gasteiger partial charge in [0, 0.05) is 35.9 Å². The molecule has 3 aromatic carbocycles. The van der Waals surface area contributed by atoms with Crippen LogP contribution in [0.4, 0.5) is 5.69 Å². The molecule has 158 valence electrons. The van der Waals surface area contributed by atoms with E-state index < -0.39 is 0 Å². The second-order valence-corrected chi connectivity index (χ2v) is 8.54. The highest BCUT2D eigenvalue weighted by Gasteiger charge is 2.28. The summed E-state index contributed by atoms with van der Waals surface area (Å²) in [5, 5.41) is 1.50. The fourth-order valence-electron chi connectivity index (χ4n) is 4.49. The van der Waals surface area contributed by atoms with Crippen molar-refractivity contribution in [2.75, 3.05) is 11.4 Å². The Hall–Kier alpha value is -2.39. The summed E-state index contributed by atoms with van der Waals surface area (Å²) in [6, 6.07) is 26.8. The number of hydrogen-bond acceptors (Lipinski definition) is 1. The summed E-state index contributed by atoms with van der Waals surface area (Å²) in [6.07, 6.45) is 0.962. The molecule has 2 heterocycles. The molecule has 0 atom stereocenters. The molecular formula is C26H23Cl3N2. The number of aromatic nitrogens is 1. The van der Waals surface area contributed by atoms with Gasteiger partial charge in [-0.3, -0.25) is 0 Å². The third-order valence-electron chi connectivity index (χ3n) is 5.95. The Kier molecular flexibility index (Phi) is 6.34. The van der Waals surface area contributed by atoms with Crippen molar-refractivity contribution in [2.24, 2.45) is 0 Å². The Labute approximate surface area is 199 Å². The molecule has 2 nitrogen and oxygen atoms in total. The van der Waals surface area contributed by atoms with E-state index in [1.807, 2.05) is 30.3 Å². The van der Waals surface area contributed by atoms with E-state index in [-0.39, 0.29) is 12.4 Å². The molecule has 0 radical (unpaired) electrons. The molecule has 0 unspecified atom stereocenters. The lowest BCUT2D eigenvalue weighted by Gasteiger charge is -2.30. The van der Waals surface area contributed by atoms with Crippen LogP contribution >= 0.6 is 35.6 Å². The SMILES string of the molecule is Cc1c2c(n(-c3ccccc3Cl)c1-c1ccc(Cl)cc1)CCN(c1ccccc1)C2.Cl. The van der Waals surface area contributed by atoms with Gasteiger partial charge in [0.1, 0.15) is 0 Å². The lowest BCUT2D eigenvalue weighted by molar-refractivity contribution is 0.706. The maximum absolute atomic E-state index is 6.67. The third kappa shape index (κ3) is 3.96. The van der Waals surface area contributed by atoms with Gasteiger partial charge < -0.3 is 9.47 Å². The molecule has 1 aliphatic rings. The van der Waals surface area contributed by atoms with Crippen molar-refractivity contribution in [3.63, 3.8) is 0 Å². The summed E-state index contributed by atoms with van der Waals surface area (Å²) in [7, 11) is 0. The Morgan fingerprint density at radius 2 is 1.48 bits per heavy atom. The first-order valence-electron chi connectivity index (χ1n) is 10.2. The van der Waals surface area contributed by atoms with Gasteiger partial charge in [0.05, 0.1) is 16.4 Å². The second-order valence-electron chi connectivity index (χ2n) is 7.70. The van der Waals surface area contributed by atoms with E-state index in [1.54, 1.807) is 0 Å².